The lowest BCUT2D eigenvalue weighted by molar-refractivity contribution is -0.211. The summed E-state index contributed by atoms with van der Waals surface area (Å²) in [5, 5.41) is 10.4. The number of hydrogen-bond donors (Lipinski definition) is 1. The lowest BCUT2D eigenvalue weighted by Gasteiger charge is -2.44. The third-order valence-electron chi connectivity index (χ3n) is 8.76. The first kappa shape index (κ1) is 30.3. The van der Waals surface area contributed by atoms with Gasteiger partial charge in [-0.05, 0) is 67.9 Å². The molecule has 2 aromatic carbocycles. The average Bonchev–Trinajstić information content (AvgIpc) is 3.28. The van der Waals surface area contributed by atoms with E-state index in [-0.39, 0.29) is 23.5 Å². The first-order valence-electron chi connectivity index (χ1n) is 14.0. The highest BCUT2D eigenvalue weighted by molar-refractivity contribution is 5.35. The minimum Gasteiger partial charge on any atom is -0.390 e. The predicted octanol–water partition coefficient (Wildman–Crippen LogP) is 6.56. The van der Waals surface area contributed by atoms with E-state index >= 15 is 0 Å². The molecule has 41 heavy (non-hydrogen) atoms. The van der Waals surface area contributed by atoms with E-state index in [1.807, 2.05) is 30.3 Å². The van der Waals surface area contributed by atoms with Crippen LogP contribution in [0.2, 0.25) is 0 Å². The first-order valence-corrected chi connectivity index (χ1v) is 14.0. The standard InChI is InChI=1S/C30H35F6NO4/c1-19(22-15-23(29(31,32)33)17-24(16-22)30(34,35)36)41-27-26(20-5-3-2-4-6-20)21(7-13-39-27)18-37-11-9-28(10-12-37)25(38)8-14-40-28/h2-6,15-17,19,21,25-27,38H,7-14,18H2,1H3/t19-,21+,25+,26+,27-/m1/s1. The number of aliphatic hydroxyl groups is 1. The molecule has 0 amide bonds. The third kappa shape index (κ3) is 6.74. The molecule has 0 aromatic heterocycles. The molecule has 0 saturated carbocycles. The van der Waals surface area contributed by atoms with Crippen LogP contribution in [0, 0.1) is 5.92 Å². The van der Waals surface area contributed by atoms with Gasteiger partial charge in [-0.2, -0.15) is 26.3 Å². The fourth-order valence-corrected chi connectivity index (χ4v) is 6.42. The van der Waals surface area contributed by atoms with E-state index < -0.39 is 47.6 Å². The van der Waals surface area contributed by atoms with Crippen LogP contribution in [0.25, 0.3) is 0 Å². The number of likely N-dealkylation sites (tertiary alicyclic amines) is 1. The highest BCUT2D eigenvalue weighted by Crippen LogP contribution is 2.43. The Morgan fingerprint density at radius 1 is 0.951 bits per heavy atom. The van der Waals surface area contributed by atoms with Gasteiger partial charge in [0.05, 0.1) is 42.1 Å². The van der Waals surface area contributed by atoms with E-state index in [2.05, 4.69) is 4.90 Å². The predicted molar refractivity (Wildman–Crippen MR) is 138 cm³/mol. The molecule has 1 spiro atoms. The van der Waals surface area contributed by atoms with E-state index in [0.29, 0.717) is 38.3 Å². The summed E-state index contributed by atoms with van der Waals surface area (Å²) in [5.41, 5.74) is -2.52. The van der Waals surface area contributed by atoms with E-state index in [1.165, 1.54) is 6.92 Å². The van der Waals surface area contributed by atoms with Crippen LogP contribution in [0.5, 0.6) is 0 Å². The van der Waals surface area contributed by atoms with Crippen molar-refractivity contribution in [3.63, 3.8) is 0 Å². The maximum atomic E-state index is 13.5. The number of benzene rings is 2. The first-order chi connectivity index (χ1) is 19.4. The van der Waals surface area contributed by atoms with Crippen LogP contribution in [-0.4, -0.2) is 60.8 Å². The summed E-state index contributed by atoms with van der Waals surface area (Å²) in [6.45, 7) is 4.57. The van der Waals surface area contributed by atoms with Crippen molar-refractivity contribution in [2.24, 2.45) is 5.92 Å². The van der Waals surface area contributed by atoms with Gasteiger partial charge in [-0.1, -0.05) is 30.3 Å². The van der Waals surface area contributed by atoms with Gasteiger partial charge in [0.1, 0.15) is 0 Å². The largest absolute Gasteiger partial charge is 0.416 e. The van der Waals surface area contributed by atoms with Crippen molar-refractivity contribution >= 4 is 0 Å². The zero-order valence-electron chi connectivity index (χ0n) is 22.8. The van der Waals surface area contributed by atoms with Gasteiger partial charge >= 0.3 is 12.4 Å². The highest BCUT2D eigenvalue weighted by atomic mass is 19.4. The van der Waals surface area contributed by atoms with Gasteiger partial charge in [0.25, 0.3) is 0 Å². The zero-order chi connectivity index (χ0) is 29.4. The normalized spacial score (nSPS) is 28.2. The molecule has 3 fully saturated rings. The Morgan fingerprint density at radius 3 is 2.15 bits per heavy atom. The Bertz CT molecular complexity index is 1130. The van der Waals surface area contributed by atoms with E-state index in [9.17, 15) is 31.4 Å². The molecule has 0 bridgehead atoms. The molecule has 3 heterocycles. The average molecular weight is 588 g/mol. The molecule has 1 N–H and O–H groups in total. The van der Waals surface area contributed by atoms with E-state index in [0.717, 1.165) is 37.9 Å². The van der Waals surface area contributed by atoms with Crippen molar-refractivity contribution in [3.8, 4) is 0 Å². The molecule has 0 unspecified atom stereocenters. The summed E-state index contributed by atoms with van der Waals surface area (Å²) in [7, 11) is 0. The third-order valence-corrected chi connectivity index (χ3v) is 8.76. The van der Waals surface area contributed by atoms with Crippen molar-refractivity contribution in [1.29, 1.82) is 0 Å². The number of piperidine rings is 1. The maximum Gasteiger partial charge on any atom is 0.416 e. The molecule has 5 rings (SSSR count). The van der Waals surface area contributed by atoms with Crippen molar-refractivity contribution < 1.29 is 45.7 Å². The second kappa shape index (κ2) is 11.8. The number of rotatable bonds is 6. The molecule has 5 nitrogen and oxygen atoms in total. The Kier molecular flexibility index (Phi) is 8.74. The van der Waals surface area contributed by atoms with Gasteiger partial charge < -0.3 is 24.2 Å². The number of aliphatic hydroxyl groups excluding tert-OH is 1. The van der Waals surface area contributed by atoms with E-state index in [1.54, 1.807) is 0 Å². The minimum absolute atomic E-state index is 0.0686. The Morgan fingerprint density at radius 2 is 1.59 bits per heavy atom. The van der Waals surface area contributed by atoms with Gasteiger partial charge in [0.15, 0.2) is 6.29 Å². The summed E-state index contributed by atoms with van der Waals surface area (Å²) in [6.07, 6.45) is -9.50. The molecule has 3 aliphatic heterocycles. The summed E-state index contributed by atoms with van der Waals surface area (Å²) in [4.78, 5) is 2.33. The second-order valence-electron chi connectivity index (χ2n) is 11.4. The number of halogens is 6. The molecule has 0 aliphatic carbocycles. The van der Waals surface area contributed by atoms with Crippen molar-refractivity contribution in [2.75, 3.05) is 32.8 Å². The van der Waals surface area contributed by atoms with Crippen LogP contribution in [0.3, 0.4) is 0 Å². The molecule has 0 radical (unpaired) electrons. The lowest BCUT2D eigenvalue weighted by Crippen LogP contribution is -2.51. The minimum atomic E-state index is -4.94. The lowest BCUT2D eigenvalue weighted by atomic mass is 9.80. The van der Waals surface area contributed by atoms with Gasteiger partial charge in [-0.3, -0.25) is 0 Å². The van der Waals surface area contributed by atoms with E-state index in [4.69, 9.17) is 14.2 Å². The van der Waals surface area contributed by atoms with Gasteiger partial charge in [-0.15, -0.1) is 0 Å². The summed E-state index contributed by atoms with van der Waals surface area (Å²) >= 11 is 0. The molecule has 11 heteroatoms. The van der Waals surface area contributed by atoms with Crippen LogP contribution in [0.4, 0.5) is 26.3 Å². The van der Waals surface area contributed by atoms with Crippen molar-refractivity contribution in [3.05, 3.63) is 70.8 Å². The second-order valence-corrected chi connectivity index (χ2v) is 11.4. The van der Waals surface area contributed by atoms with Crippen LogP contribution >= 0.6 is 0 Å². The topological polar surface area (TPSA) is 51.2 Å². The van der Waals surface area contributed by atoms with Crippen molar-refractivity contribution in [1.82, 2.24) is 4.90 Å². The zero-order valence-corrected chi connectivity index (χ0v) is 22.8. The summed E-state index contributed by atoms with van der Waals surface area (Å²) in [6, 6.07) is 11.1. The van der Waals surface area contributed by atoms with Gasteiger partial charge in [-0.25, -0.2) is 0 Å². The SMILES string of the molecule is C[C@@H](O[C@H]1OCC[C@@H](CN2CCC3(CC2)OCC[C@@H]3O)[C@@H]1c1ccccc1)c1cc(C(F)(F)F)cc(C(F)(F)F)c1. The molecular formula is C30H35F6NO4. The number of nitrogens with zero attached hydrogens (tertiary/aromatic N) is 1. The molecular weight excluding hydrogens is 552 g/mol. The Labute approximate surface area is 235 Å². The van der Waals surface area contributed by atoms with Crippen molar-refractivity contribution in [2.45, 2.75) is 75.0 Å². The monoisotopic (exact) mass is 587 g/mol. The summed E-state index contributed by atoms with van der Waals surface area (Å²) in [5.74, 6) is -0.219. The number of ether oxygens (including phenoxy) is 3. The van der Waals surface area contributed by atoms with Crippen LogP contribution in [0.1, 0.15) is 66.9 Å². The molecule has 226 valence electrons. The Hall–Kier alpha value is -2.18. The van der Waals surface area contributed by atoms with Gasteiger partial charge in [0, 0.05) is 25.6 Å². The van der Waals surface area contributed by atoms with Crippen LogP contribution < -0.4 is 0 Å². The van der Waals surface area contributed by atoms with Crippen LogP contribution in [-0.2, 0) is 26.6 Å². The molecule has 2 aromatic rings. The molecule has 3 saturated heterocycles. The number of alkyl halides is 6. The van der Waals surface area contributed by atoms with Gasteiger partial charge in [0.2, 0.25) is 0 Å². The fraction of sp³-hybridized carbons (Fsp3) is 0.600. The molecule has 5 atom stereocenters. The Balaban J connectivity index is 1.36. The maximum absolute atomic E-state index is 13.5. The fourth-order valence-electron chi connectivity index (χ4n) is 6.42. The molecule has 3 aliphatic rings. The summed E-state index contributed by atoms with van der Waals surface area (Å²) < 4.78 is 98.9. The number of hydrogen-bond acceptors (Lipinski definition) is 5. The smallest absolute Gasteiger partial charge is 0.390 e. The highest BCUT2D eigenvalue weighted by Gasteiger charge is 2.46. The van der Waals surface area contributed by atoms with Crippen LogP contribution in [0.15, 0.2) is 48.5 Å². The quantitative estimate of drug-likeness (QED) is 0.388.